The summed E-state index contributed by atoms with van der Waals surface area (Å²) in [4.78, 5) is 12.2. The minimum absolute atomic E-state index is 0.0938. The number of pyridine rings is 1. The van der Waals surface area contributed by atoms with Gasteiger partial charge in [0.25, 0.3) is 0 Å². The van der Waals surface area contributed by atoms with Gasteiger partial charge in [0.2, 0.25) is 0 Å². The maximum absolute atomic E-state index is 12.2. The van der Waals surface area contributed by atoms with Gasteiger partial charge >= 0.3 is 0 Å². The Morgan fingerprint density at radius 2 is 1.95 bits per heavy atom. The largest absolute Gasteiger partial charge is 0.496 e. The van der Waals surface area contributed by atoms with Crippen molar-refractivity contribution in [2.45, 2.75) is 6.42 Å². The monoisotopic (exact) mass is 320 g/mol. The van der Waals surface area contributed by atoms with Crippen LogP contribution in [0.5, 0.6) is 5.75 Å². The van der Waals surface area contributed by atoms with Crippen LogP contribution in [-0.4, -0.2) is 12.9 Å². The number of halogens is 1. The molecule has 4 heteroatoms. The maximum atomic E-state index is 12.2. The molecular weight excluding hydrogens is 306 g/mol. The molecule has 0 saturated carbocycles. The highest BCUT2D eigenvalue weighted by molar-refractivity contribution is 9.10. The number of carbonyl (C=O) groups excluding carboxylic acids is 1. The van der Waals surface area contributed by atoms with E-state index in [0.717, 1.165) is 15.9 Å². The van der Waals surface area contributed by atoms with Crippen molar-refractivity contribution in [3.63, 3.8) is 0 Å². The third kappa shape index (κ3) is 3.41. The van der Waals surface area contributed by atoms with E-state index in [4.69, 9.17) is 4.74 Å². The fraction of sp³-hybridized carbons (Fsp3) is 0.200. The van der Waals surface area contributed by atoms with Gasteiger partial charge in [0, 0.05) is 22.2 Å². The van der Waals surface area contributed by atoms with Crippen molar-refractivity contribution in [1.82, 2.24) is 0 Å². The molecule has 0 aliphatic carbocycles. The summed E-state index contributed by atoms with van der Waals surface area (Å²) in [5, 5.41) is 0. The Balaban J connectivity index is 2.21. The number of ketones is 1. The Kier molecular flexibility index (Phi) is 4.32. The minimum atomic E-state index is 0.0938. The highest BCUT2D eigenvalue weighted by Crippen LogP contribution is 2.14. The lowest BCUT2D eigenvalue weighted by Crippen LogP contribution is -2.34. The molecule has 0 spiro atoms. The van der Waals surface area contributed by atoms with Crippen molar-refractivity contribution in [2.75, 3.05) is 7.11 Å². The molecule has 3 nitrogen and oxygen atoms in total. The molecule has 0 amide bonds. The molecule has 0 aliphatic rings. The van der Waals surface area contributed by atoms with Gasteiger partial charge in [0.1, 0.15) is 12.8 Å². The van der Waals surface area contributed by atoms with Crippen LogP contribution in [0, 0.1) is 0 Å². The van der Waals surface area contributed by atoms with Crippen LogP contribution in [-0.2, 0) is 13.5 Å². The summed E-state index contributed by atoms with van der Waals surface area (Å²) in [6, 6.07) is 11.2. The van der Waals surface area contributed by atoms with Crippen LogP contribution in [0.15, 0.2) is 47.1 Å². The highest BCUT2D eigenvalue weighted by Gasteiger charge is 2.15. The number of Topliss-reactive ketones (excluding diaryl/α,β-unsaturated/α-hetero) is 1. The molecule has 19 heavy (non-hydrogen) atoms. The van der Waals surface area contributed by atoms with E-state index in [1.165, 1.54) is 0 Å². The fourth-order valence-electron chi connectivity index (χ4n) is 1.80. The molecule has 98 valence electrons. The van der Waals surface area contributed by atoms with Crippen molar-refractivity contribution < 1.29 is 14.1 Å². The van der Waals surface area contributed by atoms with Crippen molar-refractivity contribution in [1.29, 1.82) is 0 Å². The zero-order valence-corrected chi connectivity index (χ0v) is 12.5. The number of nitrogens with zero attached hydrogens (tertiary/aromatic N) is 1. The van der Waals surface area contributed by atoms with Gasteiger partial charge in [-0.1, -0.05) is 28.1 Å². The number of carbonyl (C=O) groups is 1. The molecular formula is C15H15BrNO2+. The van der Waals surface area contributed by atoms with Crippen molar-refractivity contribution in [2.24, 2.45) is 7.05 Å². The zero-order chi connectivity index (χ0) is 13.8. The molecule has 0 saturated heterocycles. The van der Waals surface area contributed by atoms with Gasteiger partial charge in [-0.05, 0) is 12.1 Å². The standard InChI is InChI=1S/C15H15BrNO2/c1-17-8-7-14(19-2)9-13(17)10-15(18)11-3-5-12(16)6-4-11/h3-9H,10H2,1-2H3/q+1. The first kappa shape index (κ1) is 13.7. The number of methoxy groups -OCH3 is 1. The molecule has 2 rings (SSSR count). The van der Waals surface area contributed by atoms with E-state index in [2.05, 4.69) is 15.9 Å². The number of ether oxygens (including phenoxy) is 1. The number of hydrogen-bond acceptors (Lipinski definition) is 2. The van der Waals surface area contributed by atoms with Crippen molar-refractivity contribution in [3.05, 3.63) is 58.3 Å². The summed E-state index contributed by atoms with van der Waals surface area (Å²) in [6.45, 7) is 0. The highest BCUT2D eigenvalue weighted by atomic mass is 79.9. The number of aryl methyl sites for hydroxylation is 1. The van der Waals surface area contributed by atoms with Gasteiger partial charge in [0.15, 0.2) is 17.7 Å². The van der Waals surface area contributed by atoms with Gasteiger partial charge in [-0.2, -0.15) is 0 Å². The Morgan fingerprint density at radius 3 is 2.58 bits per heavy atom. The van der Waals surface area contributed by atoms with E-state index in [0.29, 0.717) is 12.0 Å². The summed E-state index contributed by atoms with van der Waals surface area (Å²) in [7, 11) is 3.54. The Hall–Kier alpha value is -1.68. The third-order valence-electron chi connectivity index (χ3n) is 2.97. The van der Waals surface area contributed by atoms with E-state index in [9.17, 15) is 4.79 Å². The molecule has 1 aromatic heterocycles. The summed E-state index contributed by atoms with van der Waals surface area (Å²) >= 11 is 3.36. The second kappa shape index (κ2) is 5.97. The fourth-order valence-corrected chi connectivity index (χ4v) is 2.06. The van der Waals surface area contributed by atoms with E-state index < -0.39 is 0 Å². The Bertz CT molecular complexity index is 594. The lowest BCUT2D eigenvalue weighted by Gasteiger charge is -2.03. The van der Waals surface area contributed by atoms with E-state index >= 15 is 0 Å². The average Bonchev–Trinajstić information content (AvgIpc) is 2.42. The van der Waals surface area contributed by atoms with Gasteiger partial charge in [0.05, 0.1) is 13.5 Å². The second-order valence-electron chi connectivity index (χ2n) is 4.28. The van der Waals surface area contributed by atoms with Crippen LogP contribution in [0.25, 0.3) is 0 Å². The number of benzene rings is 1. The number of rotatable bonds is 4. The topological polar surface area (TPSA) is 30.2 Å². The first-order valence-corrected chi connectivity index (χ1v) is 6.71. The molecule has 0 atom stereocenters. The molecule has 0 fully saturated rings. The molecule has 0 N–H and O–H groups in total. The number of hydrogen-bond donors (Lipinski definition) is 0. The maximum Gasteiger partial charge on any atom is 0.192 e. The summed E-state index contributed by atoms with van der Waals surface area (Å²) in [5.41, 5.74) is 1.64. The summed E-state index contributed by atoms with van der Waals surface area (Å²) in [6.07, 6.45) is 2.25. The lowest BCUT2D eigenvalue weighted by atomic mass is 10.1. The van der Waals surface area contributed by atoms with Crippen molar-refractivity contribution in [3.8, 4) is 5.75 Å². The van der Waals surface area contributed by atoms with Crippen LogP contribution in [0.2, 0.25) is 0 Å². The van der Waals surface area contributed by atoms with E-state index in [1.807, 2.05) is 54.2 Å². The summed E-state index contributed by atoms with van der Waals surface area (Å²) < 4.78 is 8.08. The molecule has 1 heterocycles. The zero-order valence-electron chi connectivity index (χ0n) is 10.9. The van der Waals surface area contributed by atoms with Gasteiger partial charge in [-0.15, -0.1) is 0 Å². The number of aromatic nitrogens is 1. The Morgan fingerprint density at radius 1 is 1.26 bits per heavy atom. The lowest BCUT2D eigenvalue weighted by molar-refractivity contribution is -0.678. The van der Waals surface area contributed by atoms with E-state index in [-0.39, 0.29) is 5.78 Å². The van der Waals surface area contributed by atoms with Crippen LogP contribution >= 0.6 is 15.9 Å². The first-order chi connectivity index (χ1) is 9.10. The SMILES string of the molecule is COc1cc[n+](C)c(CC(=O)c2ccc(Br)cc2)c1. The molecule has 1 aromatic carbocycles. The van der Waals surface area contributed by atoms with Crippen LogP contribution < -0.4 is 9.30 Å². The Labute approximate surface area is 121 Å². The molecule has 0 radical (unpaired) electrons. The average molecular weight is 321 g/mol. The minimum Gasteiger partial charge on any atom is -0.496 e. The normalized spacial score (nSPS) is 10.3. The smallest absolute Gasteiger partial charge is 0.192 e. The predicted octanol–water partition coefficient (Wildman–Crippen LogP) is 2.71. The predicted molar refractivity (Wildman–Crippen MR) is 76.3 cm³/mol. The molecule has 2 aromatic rings. The quantitative estimate of drug-likeness (QED) is 0.640. The van der Waals surface area contributed by atoms with Gasteiger partial charge < -0.3 is 4.74 Å². The van der Waals surface area contributed by atoms with Crippen molar-refractivity contribution >= 4 is 21.7 Å². The third-order valence-corrected chi connectivity index (χ3v) is 3.50. The van der Waals surface area contributed by atoms with Crippen LogP contribution in [0.1, 0.15) is 16.1 Å². The molecule has 0 aliphatic heterocycles. The van der Waals surface area contributed by atoms with Gasteiger partial charge in [-0.3, -0.25) is 4.79 Å². The van der Waals surface area contributed by atoms with Gasteiger partial charge in [-0.25, -0.2) is 4.57 Å². The van der Waals surface area contributed by atoms with E-state index in [1.54, 1.807) is 7.11 Å². The molecule has 0 bridgehead atoms. The van der Waals surface area contributed by atoms with Crippen LogP contribution in [0.4, 0.5) is 0 Å². The first-order valence-electron chi connectivity index (χ1n) is 5.91. The van der Waals surface area contributed by atoms with Crippen LogP contribution in [0.3, 0.4) is 0 Å². The second-order valence-corrected chi connectivity index (χ2v) is 5.19. The molecule has 0 unspecified atom stereocenters. The summed E-state index contributed by atoms with van der Waals surface area (Å²) in [5.74, 6) is 0.855.